The first-order chi connectivity index (χ1) is 14.5. The first kappa shape index (κ1) is 19.0. The molecule has 0 saturated carbocycles. The molecule has 30 heavy (non-hydrogen) atoms. The summed E-state index contributed by atoms with van der Waals surface area (Å²) in [5, 5.41) is 4.62. The van der Waals surface area contributed by atoms with Gasteiger partial charge >= 0.3 is 0 Å². The second-order valence-corrected chi connectivity index (χ2v) is 8.82. The summed E-state index contributed by atoms with van der Waals surface area (Å²) in [4.78, 5) is 14.2. The highest BCUT2D eigenvalue weighted by Gasteiger charge is 2.43. The summed E-state index contributed by atoms with van der Waals surface area (Å²) in [7, 11) is 2.21. The average Bonchev–Trinajstić information content (AvgIpc) is 3.15. The fourth-order valence-electron chi connectivity index (χ4n) is 5.17. The maximum absolute atomic E-state index is 4.81. The van der Waals surface area contributed by atoms with E-state index in [1.54, 1.807) is 6.08 Å². The number of piperidine rings is 1. The molecule has 0 bridgehead atoms. The van der Waals surface area contributed by atoms with Crippen molar-refractivity contribution in [2.75, 3.05) is 38.1 Å². The van der Waals surface area contributed by atoms with Crippen molar-refractivity contribution in [2.45, 2.75) is 19.8 Å². The van der Waals surface area contributed by atoms with E-state index in [4.69, 9.17) is 4.98 Å². The highest BCUT2D eigenvalue weighted by Crippen LogP contribution is 2.40. The summed E-state index contributed by atoms with van der Waals surface area (Å²) in [6.45, 7) is 14.5. The number of fused-ring (bicyclic) bond motifs is 1. The molecule has 0 amide bonds. The monoisotopic (exact) mass is 400 g/mol. The van der Waals surface area contributed by atoms with Crippen LogP contribution in [0.4, 0.5) is 5.69 Å². The van der Waals surface area contributed by atoms with Gasteiger partial charge in [0.2, 0.25) is 0 Å². The number of hydrogen-bond donors (Lipinski definition) is 0. The van der Waals surface area contributed by atoms with Crippen LogP contribution in [0.3, 0.4) is 0 Å². The zero-order chi connectivity index (χ0) is 20.9. The molecule has 1 spiro atoms. The molecule has 0 radical (unpaired) electrons. The minimum absolute atomic E-state index is 0.546. The molecule has 2 aliphatic rings. The van der Waals surface area contributed by atoms with Crippen molar-refractivity contribution in [2.24, 2.45) is 5.41 Å². The van der Waals surface area contributed by atoms with Crippen molar-refractivity contribution in [3.05, 3.63) is 54.8 Å². The second kappa shape index (κ2) is 7.06. The average molecular weight is 401 g/mol. The van der Waals surface area contributed by atoms with E-state index < -0.39 is 0 Å². The predicted molar refractivity (Wildman–Crippen MR) is 123 cm³/mol. The molecule has 2 saturated heterocycles. The molecule has 0 aromatic carbocycles. The van der Waals surface area contributed by atoms with Crippen LogP contribution >= 0.6 is 0 Å². The fourth-order valence-corrected chi connectivity index (χ4v) is 5.17. The van der Waals surface area contributed by atoms with Crippen molar-refractivity contribution >= 4 is 23.5 Å². The van der Waals surface area contributed by atoms with Crippen LogP contribution in [0.5, 0.6) is 0 Å². The van der Waals surface area contributed by atoms with Gasteiger partial charge in [-0.1, -0.05) is 19.2 Å². The van der Waals surface area contributed by atoms with Crippen LogP contribution in [0, 0.1) is 12.3 Å². The molecule has 2 fully saturated rings. The lowest BCUT2D eigenvalue weighted by atomic mass is 9.72. The Morgan fingerprint density at radius 2 is 1.83 bits per heavy atom. The molecule has 3 aromatic heterocycles. The lowest BCUT2D eigenvalue weighted by Crippen LogP contribution is -2.58. The Hall–Kier alpha value is -2.99. The number of aromatic nitrogens is 4. The van der Waals surface area contributed by atoms with Gasteiger partial charge in [-0.25, -0.2) is 9.50 Å². The largest absolute Gasteiger partial charge is 0.369 e. The number of aryl methyl sites for hydroxylation is 1. The number of anilines is 1. The van der Waals surface area contributed by atoms with Crippen molar-refractivity contribution in [3.63, 3.8) is 0 Å². The molecule has 5 rings (SSSR count). The third kappa shape index (κ3) is 3.03. The van der Waals surface area contributed by atoms with Gasteiger partial charge in [0.15, 0.2) is 5.65 Å². The standard InChI is InChI=1S/C24H28N6/c1-5-19-20(11-17(3)27-22(19)6-2)21-13-26-30-14-18(12-25-23(21)30)29-9-7-24(8-10-29)15-28(4)16-24/h5-6,11-14H,1-2,7-10,15-16H2,3-4H3. The minimum Gasteiger partial charge on any atom is -0.369 e. The van der Waals surface area contributed by atoms with Gasteiger partial charge in [-0.3, -0.25) is 4.98 Å². The Morgan fingerprint density at radius 3 is 2.50 bits per heavy atom. The number of hydrogen-bond acceptors (Lipinski definition) is 5. The molecule has 5 heterocycles. The summed E-state index contributed by atoms with van der Waals surface area (Å²) in [5.74, 6) is 0. The fraction of sp³-hybridized carbons (Fsp3) is 0.375. The summed E-state index contributed by atoms with van der Waals surface area (Å²) in [6, 6.07) is 2.07. The van der Waals surface area contributed by atoms with Gasteiger partial charge in [0, 0.05) is 43.0 Å². The topological polar surface area (TPSA) is 49.6 Å². The van der Waals surface area contributed by atoms with Crippen LogP contribution in [0.2, 0.25) is 0 Å². The summed E-state index contributed by atoms with van der Waals surface area (Å²) in [5.41, 5.74) is 7.29. The van der Waals surface area contributed by atoms with E-state index in [-0.39, 0.29) is 0 Å². The molecular formula is C24H28N6. The quantitative estimate of drug-likeness (QED) is 0.664. The van der Waals surface area contributed by atoms with E-state index >= 15 is 0 Å². The maximum atomic E-state index is 4.81. The Morgan fingerprint density at radius 1 is 1.07 bits per heavy atom. The van der Waals surface area contributed by atoms with Gasteiger partial charge in [-0.05, 0) is 49.9 Å². The number of rotatable bonds is 4. The molecule has 3 aromatic rings. The summed E-state index contributed by atoms with van der Waals surface area (Å²) >= 11 is 0. The lowest BCUT2D eigenvalue weighted by Gasteiger charge is -2.53. The van der Waals surface area contributed by atoms with Gasteiger partial charge in [-0.15, -0.1) is 0 Å². The normalized spacial score (nSPS) is 18.5. The minimum atomic E-state index is 0.546. The smallest absolute Gasteiger partial charge is 0.162 e. The van der Waals surface area contributed by atoms with E-state index in [9.17, 15) is 0 Å². The van der Waals surface area contributed by atoms with Gasteiger partial charge in [0.05, 0.1) is 30.0 Å². The SMILES string of the molecule is C=Cc1nc(C)cc(-c2cnn3cc(N4CCC5(CC4)CN(C)C5)cnc23)c1C=C. The third-order valence-corrected chi connectivity index (χ3v) is 6.65. The zero-order valence-electron chi connectivity index (χ0n) is 17.8. The molecule has 0 N–H and O–H groups in total. The number of likely N-dealkylation sites (tertiary alicyclic amines) is 1. The molecule has 2 aliphatic heterocycles. The van der Waals surface area contributed by atoms with Crippen molar-refractivity contribution < 1.29 is 0 Å². The molecule has 0 aliphatic carbocycles. The van der Waals surface area contributed by atoms with E-state index in [1.807, 2.05) is 29.9 Å². The predicted octanol–water partition coefficient (Wildman–Crippen LogP) is 3.92. The molecule has 6 heteroatoms. The second-order valence-electron chi connectivity index (χ2n) is 8.82. The van der Waals surface area contributed by atoms with Crippen molar-refractivity contribution in [1.29, 1.82) is 0 Å². The molecule has 0 unspecified atom stereocenters. The molecule has 154 valence electrons. The summed E-state index contributed by atoms with van der Waals surface area (Å²) < 4.78 is 1.89. The van der Waals surface area contributed by atoms with Gasteiger partial charge < -0.3 is 9.80 Å². The first-order valence-corrected chi connectivity index (χ1v) is 10.6. The molecule has 0 atom stereocenters. The number of nitrogens with zero attached hydrogens (tertiary/aromatic N) is 6. The highest BCUT2D eigenvalue weighted by molar-refractivity contribution is 5.86. The third-order valence-electron chi connectivity index (χ3n) is 6.65. The zero-order valence-corrected chi connectivity index (χ0v) is 17.8. The molecular weight excluding hydrogens is 372 g/mol. The van der Waals surface area contributed by atoms with Gasteiger partial charge in [0.1, 0.15) is 0 Å². The van der Waals surface area contributed by atoms with Gasteiger partial charge in [-0.2, -0.15) is 5.10 Å². The van der Waals surface area contributed by atoms with Crippen LogP contribution in [0.25, 0.3) is 28.9 Å². The van der Waals surface area contributed by atoms with Crippen LogP contribution in [-0.4, -0.2) is 57.7 Å². The van der Waals surface area contributed by atoms with E-state index in [2.05, 4.69) is 52.4 Å². The van der Waals surface area contributed by atoms with Crippen LogP contribution in [0.15, 0.2) is 37.8 Å². The van der Waals surface area contributed by atoms with E-state index in [0.717, 1.165) is 52.5 Å². The Kier molecular flexibility index (Phi) is 4.47. The van der Waals surface area contributed by atoms with E-state index in [0.29, 0.717) is 5.41 Å². The van der Waals surface area contributed by atoms with Crippen LogP contribution in [0.1, 0.15) is 29.8 Å². The Bertz CT molecular complexity index is 1130. The van der Waals surface area contributed by atoms with Crippen LogP contribution in [-0.2, 0) is 0 Å². The van der Waals surface area contributed by atoms with Crippen molar-refractivity contribution in [3.8, 4) is 11.1 Å². The Labute approximate surface area is 177 Å². The maximum Gasteiger partial charge on any atom is 0.162 e. The first-order valence-electron chi connectivity index (χ1n) is 10.6. The van der Waals surface area contributed by atoms with Crippen molar-refractivity contribution in [1.82, 2.24) is 24.5 Å². The van der Waals surface area contributed by atoms with E-state index in [1.165, 1.54) is 25.9 Å². The summed E-state index contributed by atoms with van der Waals surface area (Å²) in [6.07, 6.45) is 12.1. The van der Waals surface area contributed by atoms with Gasteiger partial charge in [0.25, 0.3) is 0 Å². The van der Waals surface area contributed by atoms with Crippen LogP contribution < -0.4 is 4.90 Å². The number of pyridine rings is 1. The lowest BCUT2D eigenvalue weighted by molar-refractivity contribution is 0.00130. The highest BCUT2D eigenvalue weighted by atomic mass is 15.3. The molecule has 6 nitrogen and oxygen atoms in total. The Balaban J connectivity index is 1.46.